The summed E-state index contributed by atoms with van der Waals surface area (Å²) in [7, 11) is 8.80. The normalized spacial score (nSPS) is 28.2. The Morgan fingerprint density at radius 3 is 2.20 bits per heavy atom. The van der Waals surface area contributed by atoms with Gasteiger partial charge < -0.3 is 28.9 Å². The number of hydrogen-bond donors (Lipinski definition) is 0. The van der Waals surface area contributed by atoms with Crippen molar-refractivity contribution < 1.29 is 28.2 Å². The molecule has 6 rings (SSSR count). The molecular formula is C39H55FN4O5. The predicted molar refractivity (Wildman–Crippen MR) is 189 cm³/mol. The van der Waals surface area contributed by atoms with Crippen LogP contribution >= 0.6 is 0 Å². The molecule has 0 spiro atoms. The Kier molecular flexibility index (Phi) is 11.5. The molecule has 9 nitrogen and oxygen atoms in total. The van der Waals surface area contributed by atoms with Gasteiger partial charge in [0.15, 0.2) is 0 Å². The van der Waals surface area contributed by atoms with Gasteiger partial charge in [-0.2, -0.15) is 0 Å². The Bertz CT molecular complexity index is 1420. The Hall–Kier alpha value is -3.21. The highest BCUT2D eigenvalue weighted by atomic mass is 19.1. The van der Waals surface area contributed by atoms with Gasteiger partial charge in [-0.05, 0) is 73.9 Å². The molecule has 3 saturated heterocycles. The maximum absolute atomic E-state index is 14.8. The van der Waals surface area contributed by atoms with E-state index in [9.17, 15) is 14.0 Å². The molecule has 0 aromatic heterocycles. The van der Waals surface area contributed by atoms with Crippen LogP contribution in [0.4, 0.5) is 10.1 Å². The average Bonchev–Trinajstić information content (AvgIpc) is 3.77. The maximum Gasteiger partial charge on any atom is 0.227 e. The van der Waals surface area contributed by atoms with E-state index in [1.165, 1.54) is 5.56 Å². The van der Waals surface area contributed by atoms with Gasteiger partial charge in [0, 0.05) is 103 Å². The number of nitrogens with zero attached hydrogens (tertiary/aromatic N) is 4. The van der Waals surface area contributed by atoms with Crippen molar-refractivity contribution in [2.75, 3.05) is 86.2 Å². The summed E-state index contributed by atoms with van der Waals surface area (Å²) in [6.07, 6.45) is 6.09. The number of rotatable bonds is 10. The molecule has 2 amide bonds. The second-order valence-electron chi connectivity index (χ2n) is 14.9. The highest BCUT2D eigenvalue weighted by molar-refractivity contribution is 5.81. The number of halogens is 1. The van der Waals surface area contributed by atoms with Gasteiger partial charge in [-0.15, -0.1) is 0 Å². The van der Waals surface area contributed by atoms with Crippen molar-refractivity contribution in [1.82, 2.24) is 14.7 Å². The molecule has 3 heterocycles. The molecule has 10 heteroatoms. The van der Waals surface area contributed by atoms with E-state index in [1.54, 1.807) is 52.5 Å². The van der Waals surface area contributed by atoms with E-state index in [1.807, 2.05) is 18.2 Å². The van der Waals surface area contributed by atoms with Crippen LogP contribution in [0.3, 0.4) is 0 Å². The van der Waals surface area contributed by atoms with Crippen molar-refractivity contribution in [3.05, 3.63) is 59.4 Å². The highest BCUT2D eigenvalue weighted by Crippen LogP contribution is 2.43. The number of methoxy groups -OCH3 is 3. The molecule has 0 radical (unpaired) electrons. The third-order valence-corrected chi connectivity index (χ3v) is 11.9. The Morgan fingerprint density at radius 1 is 0.857 bits per heavy atom. The van der Waals surface area contributed by atoms with Crippen LogP contribution in [-0.2, 0) is 19.1 Å². The molecule has 0 N–H and O–H groups in total. The standard InChI is InChI=1S/C39H55FN4O5/c1-41(2)38(45)27-16-18-42(19-17-27)37-20-29(40)8-15-33(37)35-23-44(21-28(35)25-47-3)39(46)36-24-43(30-9-13-32(49-5)14-10-30)22-34(36)26-6-11-31(48-4)12-7-26/h6-8,11-12,15,20,27-28,30,32,34-36H,9-10,13-14,16-19,21-25H2,1-5H3/t28-,30-,32-,34+,35+,36-/m1/s1. The van der Waals surface area contributed by atoms with E-state index in [4.69, 9.17) is 14.2 Å². The zero-order valence-corrected chi connectivity index (χ0v) is 30.0. The Labute approximate surface area is 291 Å². The van der Waals surface area contributed by atoms with Gasteiger partial charge in [0.2, 0.25) is 11.8 Å². The van der Waals surface area contributed by atoms with E-state index < -0.39 is 0 Å². The summed E-state index contributed by atoms with van der Waals surface area (Å²) in [4.78, 5) is 35.9. The van der Waals surface area contributed by atoms with Crippen LogP contribution in [0.1, 0.15) is 61.5 Å². The first-order valence-corrected chi connectivity index (χ1v) is 18.1. The number of amides is 2. The van der Waals surface area contributed by atoms with Crippen molar-refractivity contribution in [2.24, 2.45) is 17.8 Å². The van der Waals surface area contributed by atoms with Gasteiger partial charge in [0.1, 0.15) is 11.6 Å². The third-order valence-electron chi connectivity index (χ3n) is 11.9. The summed E-state index contributed by atoms with van der Waals surface area (Å²) in [6.45, 7) is 4.70. The molecule has 0 unspecified atom stereocenters. The van der Waals surface area contributed by atoms with Crippen LogP contribution in [-0.4, -0.2) is 120 Å². The van der Waals surface area contributed by atoms with Crippen LogP contribution in [0.5, 0.6) is 5.75 Å². The molecule has 4 fully saturated rings. The maximum atomic E-state index is 14.8. The zero-order chi connectivity index (χ0) is 34.7. The van der Waals surface area contributed by atoms with Crippen LogP contribution in [0, 0.1) is 23.6 Å². The van der Waals surface area contributed by atoms with Crippen LogP contribution in [0.2, 0.25) is 0 Å². The largest absolute Gasteiger partial charge is 0.497 e. The van der Waals surface area contributed by atoms with Gasteiger partial charge in [-0.1, -0.05) is 18.2 Å². The number of piperidine rings is 1. The lowest BCUT2D eigenvalue weighted by atomic mass is 9.87. The molecule has 49 heavy (non-hydrogen) atoms. The average molecular weight is 679 g/mol. The molecule has 2 aromatic carbocycles. The number of carbonyl (C=O) groups excluding carboxylic acids is 2. The van der Waals surface area contributed by atoms with Crippen molar-refractivity contribution in [2.45, 2.75) is 62.5 Å². The quantitative estimate of drug-likeness (QED) is 0.350. The third kappa shape index (κ3) is 7.76. The van der Waals surface area contributed by atoms with Crippen molar-refractivity contribution >= 4 is 17.5 Å². The first kappa shape index (κ1) is 35.6. The second kappa shape index (κ2) is 15.8. The molecule has 2 aromatic rings. The smallest absolute Gasteiger partial charge is 0.227 e. The lowest BCUT2D eigenvalue weighted by Crippen LogP contribution is -2.41. The molecular weight excluding hydrogens is 623 g/mol. The summed E-state index contributed by atoms with van der Waals surface area (Å²) < 4.78 is 31.7. The number of anilines is 1. The van der Waals surface area contributed by atoms with Crippen LogP contribution in [0.15, 0.2) is 42.5 Å². The molecule has 1 saturated carbocycles. The van der Waals surface area contributed by atoms with E-state index in [-0.39, 0.29) is 47.2 Å². The van der Waals surface area contributed by atoms with Gasteiger partial charge in [0.05, 0.1) is 25.7 Å². The first-order valence-electron chi connectivity index (χ1n) is 18.1. The fourth-order valence-electron chi connectivity index (χ4n) is 9.08. The van der Waals surface area contributed by atoms with E-state index >= 15 is 0 Å². The SMILES string of the molecule is COC[C@H]1CN(C(=O)[C@@H]2CN([C@H]3CC[C@H](OC)CC3)C[C@H]2c2ccc(OC)cc2)C[C@@H]1c1ccc(F)cc1N1CCC(C(=O)N(C)C)CC1. The molecule has 1 aliphatic carbocycles. The fourth-order valence-corrected chi connectivity index (χ4v) is 9.08. The lowest BCUT2D eigenvalue weighted by Gasteiger charge is -2.36. The summed E-state index contributed by atoms with van der Waals surface area (Å²) in [5, 5.41) is 0. The predicted octanol–water partition coefficient (Wildman–Crippen LogP) is 5.00. The molecule has 0 bridgehead atoms. The van der Waals surface area contributed by atoms with Gasteiger partial charge in [-0.3, -0.25) is 14.5 Å². The van der Waals surface area contributed by atoms with E-state index in [0.29, 0.717) is 44.9 Å². The fraction of sp³-hybridized carbons (Fsp3) is 0.641. The summed E-state index contributed by atoms with van der Waals surface area (Å²) >= 11 is 0. The monoisotopic (exact) mass is 678 g/mol. The van der Waals surface area contributed by atoms with Crippen molar-refractivity contribution in [3.63, 3.8) is 0 Å². The summed E-state index contributed by atoms with van der Waals surface area (Å²) in [5.74, 6) is 0.926. The van der Waals surface area contributed by atoms with Gasteiger partial charge >= 0.3 is 0 Å². The number of ether oxygens (including phenoxy) is 3. The lowest BCUT2D eigenvalue weighted by molar-refractivity contribution is -0.135. The number of benzene rings is 2. The minimum atomic E-state index is -0.271. The van der Waals surface area contributed by atoms with Crippen LogP contribution in [0.25, 0.3) is 0 Å². The first-order chi connectivity index (χ1) is 23.7. The Morgan fingerprint density at radius 2 is 1.57 bits per heavy atom. The minimum absolute atomic E-state index is 0.0104. The minimum Gasteiger partial charge on any atom is -0.497 e. The number of hydrogen-bond acceptors (Lipinski definition) is 7. The summed E-state index contributed by atoms with van der Waals surface area (Å²) in [5.41, 5.74) is 3.12. The summed E-state index contributed by atoms with van der Waals surface area (Å²) in [6, 6.07) is 13.8. The number of likely N-dealkylation sites (tertiary alicyclic amines) is 2. The molecule has 3 aliphatic heterocycles. The topological polar surface area (TPSA) is 74.8 Å². The molecule has 268 valence electrons. The van der Waals surface area contributed by atoms with Crippen molar-refractivity contribution in [1.29, 1.82) is 0 Å². The number of carbonyl (C=O) groups is 2. The van der Waals surface area contributed by atoms with Gasteiger partial charge in [-0.25, -0.2) is 4.39 Å². The molecule has 4 aliphatic rings. The highest BCUT2D eigenvalue weighted by Gasteiger charge is 2.46. The molecule has 4 atom stereocenters. The van der Waals surface area contributed by atoms with Gasteiger partial charge in [0.25, 0.3) is 0 Å². The van der Waals surface area contributed by atoms with E-state index in [2.05, 4.69) is 26.8 Å². The second-order valence-corrected chi connectivity index (χ2v) is 14.9. The zero-order valence-electron chi connectivity index (χ0n) is 30.0. The Balaban J connectivity index is 1.23. The van der Waals surface area contributed by atoms with Crippen molar-refractivity contribution in [3.8, 4) is 5.75 Å². The van der Waals surface area contributed by atoms with E-state index in [0.717, 1.165) is 68.6 Å². The van der Waals surface area contributed by atoms with Crippen LogP contribution < -0.4 is 9.64 Å².